The molecule has 0 spiro atoms. The Labute approximate surface area is 127 Å². The predicted octanol–water partition coefficient (Wildman–Crippen LogP) is 2.40. The number of carboxylic acid groups (broad SMARTS) is 1. The number of carboxylic acids is 1. The minimum absolute atomic E-state index is 0.0132. The summed E-state index contributed by atoms with van der Waals surface area (Å²) in [7, 11) is 0. The number of rotatable bonds is 3. The van der Waals surface area contributed by atoms with Crippen molar-refractivity contribution in [3.8, 4) is 0 Å². The Balaban J connectivity index is 2.19. The molecule has 1 aliphatic heterocycles. The third kappa shape index (κ3) is 3.71. The summed E-state index contributed by atoms with van der Waals surface area (Å²) in [5.41, 5.74) is 0.912. The molecule has 21 heavy (non-hydrogen) atoms. The molecule has 1 aromatic rings. The molecule has 0 aliphatic carbocycles. The average molecular weight is 309 g/mol. The number of aliphatic carboxylic acids is 1. The van der Waals surface area contributed by atoms with Crippen LogP contribution in [0.3, 0.4) is 0 Å². The molecule has 1 aliphatic rings. The molecule has 1 N–H and O–H groups in total. The highest BCUT2D eigenvalue weighted by molar-refractivity contribution is 7.15. The zero-order valence-corrected chi connectivity index (χ0v) is 13.1. The van der Waals surface area contributed by atoms with Gasteiger partial charge in [-0.1, -0.05) is 0 Å². The van der Waals surface area contributed by atoms with E-state index in [4.69, 9.17) is 9.84 Å². The van der Waals surface area contributed by atoms with Crippen LogP contribution in [0.4, 0.5) is 0 Å². The van der Waals surface area contributed by atoms with Crippen LogP contribution in [0.25, 0.3) is 6.08 Å². The van der Waals surface area contributed by atoms with Gasteiger partial charge in [0, 0.05) is 17.5 Å². The van der Waals surface area contributed by atoms with Gasteiger partial charge in [-0.3, -0.25) is 4.79 Å². The lowest BCUT2D eigenvalue weighted by Crippen LogP contribution is -2.50. The first-order valence-electron chi connectivity index (χ1n) is 6.82. The number of ether oxygens (including phenoxy) is 1. The maximum Gasteiger partial charge on any atom is 0.328 e. The first-order chi connectivity index (χ1) is 9.88. The highest BCUT2D eigenvalue weighted by Crippen LogP contribution is 2.26. The lowest BCUT2D eigenvalue weighted by molar-refractivity contribution is -0.131. The van der Waals surface area contributed by atoms with Gasteiger partial charge in [-0.05, 0) is 38.5 Å². The maximum atomic E-state index is 12.6. The summed E-state index contributed by atoms with van der Waals surface area (Å²) in [6.45, 7) is 6.92. The highest BCUT2D eigenvalue weighted by Gasteiger charge is 2.29. The standard InChI is InChI=1S/C15H19NO4S/c1-9-6-13(21-12(9)4-5-14(17)18)15(19)16-7-11(3)20-8-10(16)2/h4-6,10-11H,7-8H2,1-3H3,(H,17,18)/b5-4+. The SMILES string of the molecule is Cc1cc(C(=O)N2CC(C)OCC2C)sc1/C=C/C(=O)O. The van der Waals surface area contributed by atoms with Crippen LogP contribution >= 0.6 is 11.3 Å². The monoisotopic (exact) mass is 309 g/mol. The molecule has 5 nitrogen and oxygen atoms in total. The number of amides is 1. The third-order valence-corrected chi connectivity index (χ3v) is 4.60. The summed E-state index contributed by atoms with van der Waals surface area (Å²) in [5.74, 6) is -1.01. The van der Waals surface area contributed by atoms with Gasteiger partial charge in [0.15, 0.2) is 0 Å². The molecule has 114 valence electrons. The minimum atomic E-state index is -0.994. The fraction of sp³-hybridized carbons (Fsp3) is 0.467. The fourth-order valence-electron chi connectivity index (χ4n) is 2.24. The quantitative estimate of drug-likeness (QED) is 0.871. The molecule has 2 atom stereocenters. The van der Waals surface area contributed by atoms with Gasteiger partial charge in [-0.25, -0.2) is 4.79 Å². The number of hydrogen-bond acceptors (Lipinski definition) is 4. The summed E-state index contributed by atoms with van der Waals surface area (Å²) < 4.78 is 5.53. The number of aryl methyl sites for hydroxylation is 1. The van der Waals surface area contributed by atoms with E-state index in [9.17, 15) is 9.59 Å². The molecule has 1 amide bonds. The van der Waals surface area contributed by atoms with Crippen molar-refractivity contribution in [1.29, 1.82) is 0 Å². The minimum Gasteiger partial charge on any atom is -0.478 e. The average Bonchev–Trinajstić information content (AvgIpc) is 2.79. The van der Waals surface area contributed by atoms with E-state index < -0.39 is 5.97 Å². The smallest absolute Gasteiger partial charge is 0.328 e. The second kappa shape index (κ2) is 6.41. The van der Waals surface area contributed by atoms with Gasteiger partial charge in [-0.2, -0.15) is 0 Å². The van der Waals surface area contributed by atoms with Crippen molar-refractivity contribution in [2.24, 2.45) is 0 Å². The van der Waals surface area contributed by atoms with Gasteiger partial charge in [0.2, 0.25) is 0 Å². The van der Waals surface area contributed by atoms with Crippen LogP contribution in [0.15, 0.2) is 12.1 Å². The Bertz CT molecular complexity index is 578. The molecule has 1 aromatic heterocycles. The Morgan fingerprint density at radius 2 is 2.19 bits per heavy atom. The van der Waals surface area contributed by atoms with Crippen molar-refractivity contribution < 1.29 is 19.4 Å². The lowest BCUT2D eigenvalue weighted by Gasteiger charge is -2.36. The largest absolute Gasteiger partial charge is 0.478 e. The summed E-state index contributed by atoms with van der Waals surface area (Å²) in [6, 6.07) is 1.87. The first kappa shape index (κ1) is 15.7. The second-order valence-corrected chi connectivity index (χ2v) is 6.36. The molecule has 6 heteroatoms. The van der Waals surface area contributed by atoms with Gasteiger partial charge in [-0.15, -0.1) is 11.3 Å². The molecule has 2 heterocycles. The summed E-state index contributed by atoms with van der Waals surface area (Å²) in [4.78, 5) is 26.4. The van der Waals surface area contributed by atoms with Crippen molar-refractivity contribution in [2.75, 3.05) is 13.2 Å². The summed E-state index contributed by atoms with van der Waals surface area (Å²) in [5, 5.41) is 8.68. The van der Waals surface area contributed by atoms with Crippen LogP contribution in [0.5, 0.6) is 0 Å². The molecule has 0 radical (unpaired) electrons. The lowest BCUT2D eigenvalue weighted by atomic mass is 10.2. The van der Waals surface area contributed by atoms with E-state index in [-0.39, 0.29) is 18.1 Å². The van der Waals surface area contributed by atoms with Crippen molar-refractivity contribution in [3.05, 3.63) is 27.5 Å². The fourth-order valence-corrected chi connectivity index (χ4v) is 3.27. The summed E-state index contributed by atoms with van der Waals surface area (Å²) in [6.07, 6.45) is 2.66. The topological polar surface area (TPSA) is 66.8 Å². The number of nitrogens with zero attached hydrogens (tertiary/aromatic N) is 1. The second-order valence-electron chi connectivity index (χ2n) is 5.28. The van der Waals surface area contributed by atoms with E-state index in [1.807, 2.05) is 31.7 Å². The molecule has 1 saturated heterocycles. The van der Waals surface area contributed by atoms with Gasteiger partial charge in [0.05, 0.1) is 23.6 Å². The van der Waals surface area contributed by atoms with E-state index in [0.717, 1.165) is 16.5 Å². The van der Waals surface area contributed by atoms with Crippen molar-refractivity contribution in [1.82, 2.24) is 4.90 Å². The molecule has 0 bridgehead atoms. The highest BCUT2D eigenvalue weighted by atomic mass is 32.1. The predicted molar refractivity (Wildman–Crippen MR) is 81.6 cm³/mol. The van der Waals surface area contributed by atoms with E-state index in [1.54, 1.807) is 0 Å². The van der Waals surface area contributed by atoms with Crippen LogP contribution in [-0.4, -0.2) is 47.2 Å². The Hall–Kier alpha value is -1.66. The molecule has 1 fully saturated rings. The molecule has 0 saturated carbocycles. The number of carbonyl (C=O) groups excluding carboxylic acids is 1. The van der Waals surface area contributed by atoms with E-state index in [0.29, 0.717) is 18.0 Å². The molecular weight excluding hydrogens is 290 g/mol. The Kier molecular flexibility index (Phi) is 4.80. The zero-order chi connectivity index (χ0) is 15.6. The van der Waals surface area contributed by atoms with Crippen molar-refractivity contribution >= 4 is 29.3 Å². The van der Waals surface area contributed by atoms with Gasteiger partial charge in [0.25, 0.3) is 5.91 Å². The van der Waals surface area contributed by atoms with Crippen LogP contribution in [-0.2, 0) is 9.53 Å². The first-order valence-corrected chi connectivity index (χ1v) is 7.64. The molecule has 2 unspecified atom stereocenters. The Morgan fingerprint density at radius 1 is 1.48 bits per heavy atom. The molecule has 2 rings (SSSR count). The van der Waals surface area contributed by atoms with Crippen molar-refractivity contribution in [3.63, 3.8) is 0 Å². The number of carbonyl (C=O) groups is 2. The van der Waals surface area contributed by atoms with Crippen LogP contribution < -0.4 is 0 Å². The van der Waals surface area contributed by atoms with E-state index in [2.05, 4.69) is 0 Å². The van der Waals surface area contributed by atoms with E-state index >= 15 is 0 Å². The Morgan fingerprint density at radius 3 is 2.86 bits per heavy atom. The van der Waals surface area contributed by atoms with Crippen LogP contribution in [0, 0.1) is 6.92 Å². The van der Waals surface area contributed by atoms with Crippen LogP contribution in [0.1, 0.15) is 34.0 Å². The molecule has 0 aromatic carbocycles. The number of thiophene rings is 1. The van der Waals surface area contributed by atoms with Crippen molar-refractivity contribution in [2.45, 2.75) is 32.9 Å². The van der Waals surface area contributed by atoms with Gasteiger partial charge in [0.1, 0.15) is 0 Å². The molecular formula is C15H19NO4S. The maximum absolute atomic E-state index is 12.6. The number of morpholine rings is 1. The van der Waals surface area contributed by atoms with Gasteiger partial charge >= 0.3 is 5.97 Å². The van der Waals surface area contributed by atoms with E-state index in [1.165, 1.54) is 17.4 Å². The summed E-state index contributed by atoms with van der Waals surface area (Å²) >= 11 is 1.32. The third-order valence-electron chi connectivity index (χ3n) is 3.41. The van der Waals surface area contributed by atoms with Crippen LogP contribution in [0.2, 0.25) is 0 Å². The number of hydrogen-bond donors (Lipinski definition) is 1. The zero-order valence-electron chi connectivity index (χ0n) is 12.3. The normalized spacial score (nSPS) is 22.7. The van der Waals surface area contributed by atoms with Gasteiger partial charge < -0.3 is 14.7 Å².